The Morgan fingerprint density at radius 1 is 1.27 bits per heavy atom. The predicted octanol–water partition coefficient (Wildman–Crippen LogP) is 1.08. The van der Waals surface area contributed by atoms with Crippen molar-refractivity contribution in [2.75, 3.05) is 25.1 Å². The first-order chi connectivity index (χ1) is 12.4. The van der Waals surface area contributed by atoms with E-state index in [1.807, 2.05) is 6.26 Å². The second-order valence-electron chi connectivity index (χ2n) is 5.60. The largest absolute Gasteiger partial charge is 0.352 e. The van der Waals surface area contributed by atoms with Crippen LogP contribution in [0.1, 0.15) is 18.9 Å². The summed E-state index contributed by atoms with van der Waals surface area (Å²) in [4.78, 5) is 37.2. The highest BCUT2D eigenvalue weighted by molar-refractivity contribution is 7.98. The zero-order valence-electron chi connectivity index (χ0n) is 15.0. The van der Waals surface area contributed by atoms with E-state index in [-0.39, 0.29) is 30.7 Å². The second-order valence-corrected chi connectivity index (χ2v) is 6.58. The zero-order chi connectivity index (χ0) is 19.5. The molecule has 0 saturated heterocycles. The molecule has 1 aromatic rings. The van der Waals surface area contributed by atoms with Crippen LogP contribution < -0.4 is 16.4 Å². The van der Waals surface area contributed by atoms with Crippen molar-refractivity contribution in [1.29, 1.82) is 0 Å². The third kappa shape index (κ3) is 7.73. The fourth-order valence-electron chi connectivity index (χ4n) is 2.26. The molecule has 0 fully saturated rings. The van der Waals surface area contributed by atoms with Gasteiger partial charge >= 0.3 is 6.03 Å². The molecular weight excluding hydrogens is 359 g/mol. The van der Waals surface area contributed by atoms with Gasteiger partial charge in [-0.3, -0.25) is 9.59 Å². The van der Waals surface area contributed by atoms with E-state index >= 15 is 0 Å². The molecule has 0 radical (unpaired) electrons. The number of thioether (sulfide) groups is 1. The van der Waals surface area contributed by atoms with E-state index < -0.39 is 12.1 Å². The number of hydrogen-bond acceptors (Lipinski definition) is 4. The molecule has 9 heteroatoms. The van der Waals surface area contributed by atoms with E-state index in [0.29, 0.717) is 18.7 Å². The number of primary amides is 1. The molecule has 4 N–H and O–H groups in total. The monoisotopic (exact) mass is 384 g/mol. The number of amides is 4. The molecule has 0 aliphatic carbocycles. The number of nitrogens with one attached hydrogen (secondary N) is 2. The maximum absolute atomic E-state index is 12.9. The fraction of sp³-hybridized carbons (Fsp3) is 0.471. The Labute approximate surface area is 156 Å². The maximum atomic E-state index is 12.9. The van der Waals surface area contributed by atoms with Crippen LogP contribution in [0, 0.1) is 5.82 Å². The van der Waals surface area contributed by atoms with Gasteiger partial charge in [-0.05, 0) is 43.0 Å². The topological polar surface area (TPSA) is 105 Å². The molecular formula is C17H25FN4O3S. The number of carbonyl (C=O) groups excluding carboxylic acids is 3. The van der Waals surface area contributed by atoms with Crippen molar-refractivity contribution in [2.24, 2.45) is 5.73 Å². The van der Waals surface area contributed by atoms with Crippen LogP contribution in [-0.4, -0.2) is 53.9 Å². The molecule has 0 aromatic heterocycles. The number of hydrogen-bond donors (Lipinski definition) is 3. The van der Waals surface area contributed by atoms with Crippen LogP contribution in [0.4, 0.5) is 9.18 Å². The summed E-state index contributed by atoms with van der Waals surface area (Å²) in [6, 6.07) is 4.25. The van der Waals surface area contributed by atoms with Crippen molar-refractivity contribution in [1.82, 2.24) is 15.5 Å². The molecule has 4 amide bonds. The SMILES string of the molecule is CCN(CC(=O)NCc1ccc(F)cc1)C(=O)C(CCSC)NC(N)=O. The van der Waals surface area contributed by atoms with Crippen molar-refractivity contribution >= 4 is 29.6 Å². The van der Waals surface area contributed by atoms with Crippen LogP contribution in [-0.2, 0) is 16.1 Å². The predicted molar refractivity (Wildman–Crippen MR) is 100 cm³/mol. The highest BCUT2D eigenvalue weighted by Crippen LogP contribution is 2.06. The smallest absolute Gasteiger partial charge is 0.312 e. The number of urea groups is 1. The summed E-state index contributed by atoms with van der Waals surface area (Å²) in [5.74, 6) is -0.365. The summed E-state index contributed by atoms with van der Waals surface area (Å²) in [5, 5.41) is 5.12. The van der Waals surface area contributed by atoms with E-state index in [9.17, 15) is 18.8 Å². The molecule has 1 unspecified atom stereocenters. The first-order valence-electron chi connectivity index (χ1n) is 8.22. The molecule has 0 aliphatic heterocycles. The molecule has 0 bridgehead atoms. The van der Waals surface area contributed by atoms with Crippen LogP contribution >= 0.6 is 11.8 Å². The van der Waals surface area contributed by atoms with Crippen LogP contribution in [0.2, 0.25) is 0 Å². The average Bonchev–Trinajstić information content (AvgIpc) is 2.61. The molecule has 1 atom stereocenters. The van der Waals surface area contributed by atoms with E-state index in [1.54, 1.807) is 30.8 Å². The van der Waals surface area contributed by atoms with Crippen LogP contribution in [0.15, 0.2) is 24.3 Å². The van der Waals surface area contributed by atoms with Gasteiger partial charge in [-0.1, -0.05) is 12.1 Å². The highest BCUT2D eigenvalue weighted by atomic mass is 32.2. The summed E-state index contributed by atoms with van der Waals surface area (Å²) >= 11 is 1.55. The molecule has 0 spiro atoms. The van der Waals surface area contributed by atoms with Gasteiger partial charge in [0.05, 0.1) is 6.54 Å². The molecule has 0 aliphatic rings. The van der Waals surface area contributed by atoms with Crippen LogP contribution in [0.3, 0.4) is 0 Å². The summed E-state index contributed by atoms with van der Waals surface area (Å²) in [7, 11) is 0. The Bertz CT molecular complexity index is 613. The van der Waals surface area contributed by atoms with Gasteiger partial charge in [-0.2, -0.15) is 11.8 Å². The normalized spacial score (nSPS) is 11.5. The summed E-state index contributed by atoms with van der Waals surface area (Å²) in [5.41, 5.74) is 5.89. The van der Waals surface area contributed by atoms with Gasteiger partial charge in [-0.25, -0.2) is 9.18 Å². The minimum Gasteiger partial charge on any atom is -0.352 e. The van der Waals surface area contributed by atoms with E-state index in [2.05, 4.69) is 10.6 Å². The molecule has 7 nitrogen and oxygen atoms in total. The van der Waals surface area contributed by atoms with Crippen molar-refractivity contribution in [3.05, 3.63) is 35.6 Å². The van der Waals surface area contributed by atoms with Crippen LogP contribution in [0.25, 0.3) is 0 Å². The van der Waals surface area contributed by atoms with Crippen molar-refractivity contribution in [3.8, 4) is 0 Å². The lowest BCUT2D eigenvalue weighted by Gasteiger charge is -2.26. The second kappa shape index (κ2) is 11.3. The lowest BCUT2D eigenvalue weighted by Crippen LogP contribution is -2.52. The molecule has 1 rings (SSSR count). The fourth-order valence-corrected chi connectivity index (χ4v) is 2.73. The maximum Gasteiger partial charge on any atom is 0.312 e. The third-order valence-electron chi connectivity index (χ3n) is 3.66. The standard InChI is InChI=1S/C17H25FN4O3S/c1-3-22(16(24)14(8-9-26-2)21-17(19)25)11-15(23)20-10-12-4-6-13(18)7-5-12/h4-7,14H,3,8-11H2,1-2H3,(H,20,23)(H3,19,21,25). The molecule has 26 heavy (non-hydrogen) atoms. The first kappa shape index (κ1) is 21.8. The lowest BCUT2D eigenvalue weighted by molar-refractivity contribution is -0.137. The Hall–Kier alpha value is -2.29. The first-order valence-corrected chi connectivity index (χ1v) is 9.61. The average molecular weight is 384 g/mol. The van der Waals surface area contributed by atoms with Crippen molar-refractivity contribution < 1.29 is 18.8 Å². The molecule has 1 aromatic carbocycles. The molecule has 0 saturated carbocycles. The van der Waals surface area contributed by atoms with E-state index in [0.717, 1.165) is 5.56 Å². The summed E-state index contributed by atoms with van der Waals surface area (Å²) in [6.07, 6.45) is 2.32. The van der Waals surface area contributed by atoms with Crippen LogP contribution in [0.5, 0.6) is 0 Å². The van der Waals surface area contributed by atoms with Gasteiger partial charge in [0.1, 0.15) is 11.9 Å². The number of benzene rings is 1. The minimum atomic E-state index is -0.777. The summed E-state index contributed by atoms with van der Waals surface area (Å²) in [6.45, 7) is 2.17. The molecule has 144 valence electrons. The van der Waals surface area contributed by atoms with Gasteiger partial charge in [-0.15, -0.1) is 0 Å². The number of carbonyl (C=O) groups is 3. The Morgan fingerprint density at radius 3 is 2.46 bits per heavy atom. The van der Waals surface area contributed by atoms with Gasteiger partial charge < -0.3 is 21.3 Å². The number of halogens is 1. The zero-order valence-corrected chi connectivity index (χ0v) is 15.8. The highest BCUT2D eigenvalue weighted by Gasteiger charge is 2.25. The number of likely N-dealkylation sites (N-methyl/N-ethyl adjacent to an activating group) is 1. The van der Waals surface area contributed by atoms with Crippen molar-refractivity contribution in [2.45, 2.75) is 25.9 Å². The van der Waals surface area contributed by atoms with Gasteiger partial charge in [0, 0.05) is 13.1 Å². The molecule has 0 heterocycles. The lowest BCUT2D eigenvalue weighted by atomic mass is 10.2. The third-order valence-corrected chi connectivity index (χ3v) is 4.30. The van der Waals surface area contributed by atoms with Gasteiger partial charge in [0.25, 0.3) is 0 Å². The van der Waals surface area contributed by atoms with E-state index in [4.69, 9.17) is 5.73 Å². The Balaban J connectivity index is 2.61. The number of rotatable bonds is 10. The Morgan fingerprint density at radius 2 is 1.92 bits per heavy atom. The number of nitrogens with zero attached hydrogens (tertiary/aromatic N) is 1. The summed E-state index contributed by atoms with van der Waals surface area (Å²) < 4.78 is 12.9. The van der Waals surface area contributed by atoms with E-state index in [1.165, 1.54) is 17.0 Å². The quantitative estimate of drug-likeness (QED) is 0.561. The minimum absolute atomic E-state index is 0.132. The van der Waals surface area contributed by atoms with Gasteiger partial charge in [0.15, 0.2) is 0 Å². The van der Waals surface area contributed by atoms with Crippen molar-refractivity contribution in [3.63, 3.8) is 0 Å². The van der Waals surface area contributed by atoms with Gasteiger partial charge in [0.2, 0.25) is 11.8 Å². The number of nitrogens with two attached hydrogens (primary N) is 1. The Kier molecular flexibility index (Phi) is 9.50.